The molecule has 1 saturated heterocycles. The third-order valence-electron chi connectivity index (χ3n) is 3.52. The molecule has 1 aliphatic rings. The first-order chi connectivity index (χ1) is 8.42. The van der Waals surface area contributed by atoms with Gasteiger partial charge in [-0.1, -0.05) is 6.92 Å². The maximum absolute atomic E-state index is 11.5. The fourth-order valence-corrected chi connectivity index (χ4v) is 4.58. The van der Waals surface area contributed by atoms with Crippen LogP contribution in [0.25, 0.3) is 0 Å². The Morgan fingerprint density at radius 1 is 1.50 bits per heavy atom. The lowest BCUT2D eigenvalue weighted by molar-refractivity contribution is 0.395. The molecule has 4 nitrogen and oxygen atoms in total. The summed E-state index contributed by atoms with van der Waals surface area (Å²) >= 11 is 0. The highest BCUT2D eigenvalue weighted by molar-refractivity contribution is 7.91. The Morgan fingerprint density at radius 3 is 2.89 bits per heavy atom. The molecule has 1 fully saturated rings. The van der Waals surface area contributed by atoms with Crippen LogP contribution in [0.1, 0.15) is 32.3 Å². The molecule has 0 radical (unpaired) electrons. The van der Waals surface area contributed by atoms with Crippen molar-refractivity contribution in [1.29, 1.82) is 0 Å². The SMILES string of the molecule is CCCn1ccc(CNC2(C)CCS(=O)(=O)C2)c1. The van der Waals surface area contributed by atoms with Gasteiger partial charge in [-0.2, -0.15) is 0 Å². The van der Waals surface area contributed by atoms with Gasteiger partial charge in [-0.3, -0.25) is 0 Å². The summed E-state index contributed by atoms with van der Waals surface area (Å²) < 4.78 is 25.2. The van der Waals surface area contributed by atoms with E-state index in [9.17, 15) is 8.42 Å². The highest BCUT2D eigenvalue weighted by atomic mass is 32.2. The Morgan fingerprint density at radius 2 is 2.28 bits per heavy atom. The Balaban J connectivity index is 1.91. The average molecular weight is 270 g/mol. The van der Waals surface area contributed by atoms with Gasteiger partial charge >= 0.3 is 0 Å². The number of nitrogens with zero attached hydrogens (tertiary/aromatic N) is 1. The van der Waals surface area contributed by atoms with Crippen molar-refractivity contribution in [3.8, 4) is 0 Å². The van der Waals surface area contributed by atoms with Crippen LogP contribution in [0.2, 0.25) is 0 Å². The second kappa shape index (κ2) is 5.05. The van der Waals surface area contributed by atoms with E-state index in [0.717, 1.165) is 19.5 Å². The molecule has 1 aliphatic heterocycles. The minimum Gasteiger partial charge on any atom is -0.354 e. The number of aryl methyl sites for hydroxylation is 1. The molecule has 1 N–H and O–H groups in total. The predicted molar refractivity (Wildman–Crippen MR) is 73.2 cm³/mol. The molecule has 5 heteroatoms. The standard InChI is InChI=1S/C13H22N2O2S/c1-3-6-15-7-4-12(10-15)9-14-13(2)5-8-18(16,17)11-13/h4,7,10,14H,3,5-6,8-9,11H2,1-2H3. The lowest BCUT2D eigenvalue weighted by Gasteiger charge is -2.23. The predicted octanol–water partition coefficient (Wildman–Crippen LogP) is 1.56. The summed E-state index contributed by atoms with van der Waals surface area (Å²) in [5, 5.41) is 3.39. The number of aromatic nitrogens is 1. The van der Waals surface area contributed by atoms with Crippen LogP contribution < -0.4 is 5.32 Å². The van der Waals surface area contributed by atoms with E-state index in [2.05, 4.69) is 35.3 Å². The van der Waals surface area contributed by atoms with Crippen LogP contribution in [0.15, 0.2) is 18.5 Å². The molecular formula is C13H22N2O2S. The van der Waals surface area contributed by atoms with Crippen LogP contribution in [0.3, 0.4) is 0 Å². The monoisotopic (exact) mass is 270 g/mol. The molecule has 2 rings (SSSR count). The van der Waals surface area contributed by atoms with E-state index >= 15 is 0 Å². The lowest BCUT2D eigenvalue weighted by Crippen LogP contribution is -2.42. The van der Waals surface area contributed by atoms with Crippen molar-refractivity contribution in [3.63, 3.8) is 0 Å². The summed E-state index contributed by atoms with van der Waals surface area (Å²) in [7, 11) is -2.83. The molecule has 1 aromatic rings. The first-order valence-electron chi connectivity index (χ1n) is 6.53. The molecule has 0 bridgehead atoms. The fraction of sp³-hybridized carbons (Fsp3) is 0.692. The van der Waals surface area contributed by atoms with Gasteiger partial charge in [-0.25, -0.2) is 8.42 Å². The second-order valence-electron chi connectivity index (χ2n) is 5.51. The van der Waals surface area contributed by atoms with Gasteiger partial charge in [0.05, 0.1) is 11.5 Å². The van der Waals surface area contributed by atoms with Crippen molar-refractivity contribution in [2.75, 3.05) is 11.5 Å². The van der Waals surface area contributed by atoms with E-state index in [1.165, 1.54) is 5.56 Å². The minimum atomic E-state index is -2.83. The molecule has 1 aromatic heterocycles. The van der Waals surface area contributed by atoms with Crippen molar-refractivity contribution in [1.82, 2.24) is 9.88 Å². The maximum atomic E-state index is 11.5. The van der Waals surface area contributed by atoms with Crippen LogP contribution in [0.4, 0.5) is 0 Å². The number of nitrogens with one attached hydrogen (secondary N) is 1. The Bertz CT molecular complexity index is 507. The molecule has 0 aromatic carbocycles. The van der Waals surface area contributed by atoms with Crippen LogP contribution in [0.5, 0.6) is 0 Å². The first kappa shape index (κ1) is 13.6. The smallest absolute Gasteiger partial charge is 0.152 e. The lowest BCUT2D eigenvalue weighted by atomic mass is 10.0. The van der Waals surface area contributed by atoms with Crippen LogP contribution >= 0.6 is 0 Å². The van der Waals surface area contributed by atoms with E-state index in [0.29, 0.717) is 12.2 Å². The summed E-state index contributed by atoms with van der Waals surface area (Å²) in [6, 6.07) is 2.09. The zero-order valence-corrected chi connectivity index (χ0v) is 12.0. The Kier molecular flexibility index (Phi) is 3.82. The minimum absolute atomic E-state index is 0.258. The van der Waals surface area contributed by atoms with Gasteiger partial charge in [-0.05, 0) is 31.4 Å². The third-order valence-corrected chi connectivity index (χ3v) is 5.42. The van der Waals surface area contributed by atoms with Crippen LogP contribution in [-0.2, 0) is 22.9 Å². The topological polar surface area (TPSA) is 51.1 Å². The summed E-state index contributed by atoms with van der Waals surface area (Å²) in [6.07, 6.45) is 6.04. The molecule has 1 atom stereocenters. The van der Waals surface area contributed by atoms with Crippen molar-refractivity contribution < 1.29 is 8.42 Å². The summed E-state index contributed by atoms with van der Waals surface area (Å²) in [6.45, 7) is 5.93. The van der Waals surface area contributed by atoms with Gasteiger partial charge in [0.1, 0.15) is 0 Å². The number of sulfone groups is 1. The molecule has 2 heterocycles. The van der Waals surface area contributed by atoms with Crippen molar-refractivity contribution >= 4 is 9.84 Å². The highest BCUT2D eigenvalue weighted by Gasteiger charge is 2.37. The largest absolute Gasteiger partial charge is 0.354 e. The van der Waals surface area contributed by atoms with Gasteiger partial charge in [0.25, 0.3) is 0 Å². The first-order valence-corrected chi connectivity index (χ1v) is 8.35. The van der Waals surface area contributed by atoms with E-state index in [-0.39, 0.29) is 11.3 Å². The molecule has 0 saturated carbocycles. The molecule has 0 aliphatic carbocycles. The second-order valence-corrected chi connectivity index (χ2v) is 7.70. The van der Waals surface area contributed by atoms with E-state index in [1.807, 2.05) is 6.92 Å². The normalized spacial score (nSPS) is 26.6. The molecule has 0 spiro atoms. The number of hydrogen-bond acceptors (Lipinski definition) is 3. The fourth-order valence-electron chi connectivity index (χ4n) is 2.46. The molecule has 102 valence electrons. The molecule has 1 unspecified atom stereocenters. The summed E-state index contributed by atoms with van der Waals surface area (Å²) in [4.78, 5) is 0. The highest BCUT2D eigenvalue weighted by Crippen LogP contribution is 2.23. The zero-order chi connectivity index (χ0) is 13.2. The molecular weight excluding hydrogens is 248 g/mol. The van der Waals surface area contributed by atoms with E-state index in [1.54, 1.807) is 0 Å². The van der Waals surface area contributed by atoms with E-state index < -0.39 is 9.84 Å². The van der Waals surface area contributed by atoms with Gasteiger partial charge in [0, 0.05) is 31.0 Å². The van der Waals surface area contributed by atoms with Gasteiger partial charge in [0.2, 0.25) is 0 Å². The quantitative estimate of drug-likeness (QED) is 0.883. The third kappa shape index (κ3) is 3.36. The Hall–Kier alpha value is -0.810. The van der Waals surface area contributed by atoms with Crippen LogP contribution in [-0.4, -0.2) is 30.0 Å². The van der Waals surface area contributed by atoms with Gasteiger partial charge in [-0.15, -0.1) is 0 Å². The van der Waals surface area contributed by atoms with Crippen molar-refractivity contribution in [3.05, 3.63) is 24.0 Å². The average Bonchev–Trinajstić information content (AvgIpc) is 2.82. The van der Waals surface area contributed by atoms with Crippen molar-refractivity contribution in [2.24, 2.45) is 0 Å². The maximum Gasteiger partial charge on any atom is 0.152 e. The van der Waals surface area contributed by atoms with Gasteiger partial charge < -0.3 is 9.88 Å². The van der Waals surface area contributed by atoms with Crippen LogP contribution in [0, 0.1) is 0 Å². The molecule has 0 amide bonds. The van der Waals surface area contributed by atoms with Gasteiger partial charge in [0.15, 0.2) is 9.84 Å². The van der Waals surface area contributed by atoms with E-state index in [4.69, 9.17) is 0 Å². The zero-order valence-electron chi connectivity index (χ0n) is 11.1. The number of rotatable bonds is 5. The molecule has 18 heavy (non-hydrogen) atoms. The number of hydrogen-bond donors (Lipinski definition) is 1. The summed E-state index contributed by atoms with van der Waals surface area (Å²) in [5.41, 5.74) is 0.958. The van der Waals surface area contributed by atoms with Crippen molar-refractivity contribution in [2.45, 2.75) is 45.3 Å². The summed E-state index contributed by atoms with van der Waals surface area (Å²) in [5.74, 6) is 0.572. The Labute approximate surface area is 109 Å².